The molecule has 1 aromatic carbocycles. The Labute approximate surface area is 128 Å². The number of aliphatic carboxylic acids is 1. The van der Waals surface area contributed by atoms with Crippen molar-refractivity contribution < 1.29 is 14.7 Å². The Kier molecular flexibility index (Phi) is 4.85. The van der Waals surface area contributed by atoms with Crippen molar-refractivity contribution in [3.05, 3.63) is 28.8 Å². The van der Waals surface area contributed by atoms with Gasteiger partial charge in [-0.1, -0.05) is 11.6 Å². The van der Waals surface area contributed by atoms with Crippen LogP contribution in [0, 0.1) is 12.8 Å². The molecule has 1 aliphatic heterocycles. The van der Waals surface area contributed by atoms with Crippen molar-refractivity contribution in [1.82, 2.24) is 4.90 Å². The second kappa shape index (κ2) is 6.45. The summed E-state index contributed by atoms with van der Waals surface area (Å²) in [5.74, 6) is -1.33. The third-order valence-electron chi connectivity index (χ3n) is 4.01. The van der Waals surface area contributed by atoms with E-state index in [2.05, 4.69) is 5.32 Å². The summed E-state index contributed by atoms with van der Waals surface area (Å²) in [4.78, 5) is 25.1. The summed E-state index contributed by atoms with van der Waals surface area (Å²) >= 11 is 5.88. The van der Waals surface area contributed by atoms with Gasteiger partial charge in [0.1, 0.15) is 0 Å². The van der Waals surface area contributed by atoms with Gasteiger partial charge < -0.3 is 10.4 Å². The third kappa shape index (κ3) is 3.74. The van der Waals surface area contributed by atoms with Crippen LogP contribution in [0.15, 0.2) is 18.2 Å². The van der Waals surface area contributed by atoms with Crippen LogP contribution in [0.4, 0.5) is 5.69 Å². The molecule has 1 amide bonds. The van der Waals surface area contributed by atoms with Crippen LogP contribution in [-0.2, 0) is 9.59 Å². The Bertz CT molecular complexity index is 562. The van der Waals surface area contributed by atoms with Gasteiger partial charge in [-0.25, -0.2) is 0 Å². The maximum absolute atomic E-state index is 12.1. The number of amides is 1. The molecule has 2 atom stereocenters. The van der Waals surface area contributed by atoms with Gasteiger partial charge in [0.05, 0.1) is 12.5 Å². The second-order valence-electron chi connectivity index (χ2n) is 5.45. The summed E-state index contributed by atoms with van der Waals surface area (Å²) in [5.41, 5.74) is 1.62. The van der Waals surface area contributed by atoms with E-state index < -0.39 is 11.9 Å². The molecule has 0 aliphatic carbocycles. The zero-order chi connectivity index (χ0) is 15.6. The molecule has 5 nitrogen and oxygen atoms in total. The van der Waals surface area contributed by atoms with Crippen molar-refractivity contribution in [1.29, 1.82) is 0 Å². The zero-order valence-electron chi connectivity index (χ0n) is 12.1. The first-order valence-electron chi connectivity index (χ1n) is 6.91. The molecule has 2 N–H and O–H groups in total. The van der Waals surface area contributed by atoms with Crippen molar-refractivity contribution in [2.75, 3.05) is 18.4 Å². The number of halogens is 1. The predicted molar refractivity (Wildman–Crippen MR) is 81.6 cm³/mol. The molecule has 1 fully saturated rings. The molecule has 0 aromatic heterocycles. The first-order valence-corrected chi connectivity index (χ1v) is 7.29. The number of hydrogen-bond acceptors (Lipinski definition) is 3. The Morgan fingerprint density at radius 1 is 1.48 bits per heavy atom. The predicted octanol–water partition coefficient (Wildman–Crippen LogP) is 2.38. The highest BCUT2D eigenvalue weighted by atomic mass is 35.5. The molecule has 21 heavy (non-hydrogen) atoms. The van der Waals surface area contributed by atoms with Crippen molar-refractivity contribution in [2.24, 2.45) is 5.92 Å². The number of nitrogens with one attached hydrogen (secondary N) is 1. The Morgan fingerprint density at radius 2 is 2.19 bits per heavy atom. The van der Waals surface area contributed by atoms with E-state index in [-0.39, 0.29) is 18.5 Å². The van der Waals surface area contributed by atoms with E-state index in [0.29, 0.717) is 18.0 Å². The maximum atomic E-state index is 12.1. The van der Waals surface area contributed by atoms with Crippen LogP contribution in [0.3, 0.4) is 0 Å². The molecular formula is C15H19ClN2O3. The number of carboxylic acid groups (broad SMARTS) is 1. The minimum Gasteiger partial charge on any atom is -0.481 e. The van der Waals surface area contributed by atoms with Crippen molar-refractivity contribution >= 4 is 29.2 Å². The minimum absolute atomic E-state index is 0.125. The van der Waals surface area contributed by atoms with Gasteiger partial charge in [-0.15, -0.1) is 0 Å². The van der Waals surface area contributed by atoms with Crippen LogP contribution in [0.5, 0.6) is 0 Å². The van der Waals surface area contributed by atoms with E-state index in [1.165, 1.54) is 0 Å². The Hall–Kier alpha value is -1.59. The number of benzene rings is 1. The fraction of sp³-hybridized carbons (Fsp3) is 0.467. The topological polar surface area (TPSA) is 69.6 Å². The van der Waals surface area contributed by atoms with Crippen LogP contribution in [0.2, 0.25) is 5.02 Å². The average molecular weight is 311 g/mol. The van der Waals surface area contributed by atoms with Crippen LogP contribution in [0.25, 0.3) is 0 Å². The van der Waals surface area contributed by atoms with Gasteiger partial charge in [0, 0.05) is 16.8 Å². The number of carbonyl (C=O) groups excluding carboxylic acids is 1. The average Bonchev–Trinajstić information content (AvgIpc) is 2.74. The van der Waals surface area contributed by atoms with E-state index in [0.717, 1.165) is 11.3 Å². The first-order chi connectivity index (χ1) is 9.88. The molecule has 6 heteroatoms. The number of rotatable bonds is 4. The van der Waals surface area contributed by atoms with Crippen LogP contribution in [-0.4, -0.2) is 41.0 Å². The summed E-state index contributed by atoms with van der Waals surface area (Å²) in [7, 11) is 0. The van der Waals surface area contributed by atoms with Gasteiger partial charge in [0.15, 0.2) is 0 Å². The molecular weight excluding hydrogens is 292 g/mol. The molecule has 0 bridgehead atoms. The standard InChI is InChI=1S/C15H19ClN2O3/c1-9-7-11(16)3-4-13(9)17-14(19)8-18-6-5-12(10(18)2)15(20)21/h3-4,7,10,12H,5-6,8H2,1-2H3,(H,17,19)(H,20,21). The number of nitrogens with zero attached hydrogens (tertiary/aromatic N) is 1. The third-order valence-corrected chi connectivity index (χ3v) is 4.25. The summed E-state index contributed by atoms with van der Waals surface area (Å²) in [5, 5.41) is 12.6. The molecule has 0 saturated carbocycles. The number of carboxylic acids is 1. The fourth-order valence-corrected chi connectivity index (χ4v) is 2.93. The quantitative estimate of drug-likeness (QED) is 0.896. The number of likely N-dealkylation sites (tertiary alicyclic amines) is 1. The summed E-state index contributed by atoms with van der Waals surface area (Å²) < 4.78 is 0. The van der Waals surface area contributed by atoms with Crippen molar-refractivity contribution in [2.45, 2.75) is 26.3 Å². The Balaban J connectivity index is 1.95. The first kappa shape index (κ1) is 15.8. The zero-order valence-corrected chi connectivity index (χ0v) is 12.9. The summed E-state index contributed by atoms with van der Waals surface area (Å²) in [6.45, 7) is 4.56. The maximum Gasteiger partial charge on any atom is 0.308 e. The number of anilines is 1. The van der Waals surface area contributed by atoms with E-state index in [1.807, 2.05) is 18.7 Å². The largest absolute Gasteiger partial charge is 0.481 e. The van der Waals surface area contributed by atoms with Crippen molar-refractivity contribution in [3.63, 3.8) is 0 Å². The minimum atomic E-state index is -0.793. The summed E-state index contributed by atoms with van der Waals surface area (Å²) in [6.07, 6.45) is 0.587. The highest BCUT2D eigenvalue weighted by Gasteiger charge is 2.36. The lowest BCUT2D eigenvalue weighted by atomic mass is 10.0. The lowest BCUT2D eigenvalue weighted by Crippen LogP contribution is -2.38. The van der Waals surface area contributed by atoms with E-state index >= 15 is 0 Å². The van der Waals surface area contributed by atoms with Gasteiger partial charge in [-0.3, -0.25) is 14.5 Å². The number of aryl methyl sites for hydroxylation is 1. The van der Waals surface area contributed by atoms with E-state index in [9.17, 15) is 9.59 Å². The highest BCUT2D eigenvalue weighted by Crippen LogP contribution is 2.24. The molecule has 114 valence electrons. The molecule has 0 radical (unpaired) electrons. The lowest BCUT2D eigenvalue weighted by Gasteiger charge is -2.22. The molecule has 1 aromatic rings. The van der Waals surface area contributed by atoms with Crippen LogP contribution >= 0.6 is 11.6 Å². The van der Waals surface area contributed by atoms with E-state index in [4.69, 9.17) is 16.7 Å². The SMILES string of the molecule is Cc1cc(Cl)ccc1NC(=O)CN1CCC(C(=O)O)C1C. The van der Waals surface area contributed by atoms with E-state index in [1.54, 1.807) is 18.2 Å². The summed E-state index contributed by atoms with van der Waals surface area (Å²) in [6, 6.07) is 5.15. The lowest BCUT2D eigenvalue weighted by molar-refractivity contribution is -0.142. The smallest absolute Gasteiger partial charge is 0.308 e. The molecule has 1 saturated heterocycles. The van der Waals surface area contributed by atoms with Gasteiger partial charge in [0.2, 0.25) is 5.91 Å². The number of carbonyl (C=O) groups is 2. The molecule has 2 unspecified atom stereocenters. The number of hydrogen-bond donors (Lipinski definition) is 2. The van der Waals surface area contributed by atoms with Gasteiger partial charge in [-0.2, -0.15) is 0 Å². The van der Waals surface area contributed by atoms with Gasteiger partial charge in [0.25, 0.3) is 0 Å². The molecule has 1 heterocycles. The van der Waals surface area contributed by atoms with Crippen molar-refractivity contribution in [3.8, 4) is 0 Å². The highest BCUT2D eigenvalue weighted by molar-refractivity contribution is 6.30. The monoisotopic (exact) mass is 310 g/mol. The van der Waals surface area contributed by atoms with Crippen LogP contribution in [0.1, 0.15) is 18.9 Å². The normalized spacial score (nSPS) is 22.2. The molecule has 0 spiro atoms. The van der Waals surface area contributed by atoms with Gasteiger partial charge >= 0.3 is 5.97 Å². The van der Waals surface area contributed by atoms with Crippen LogP contribution < -0.4 is 5.32 Å². The molecule has 2 rings (SSSR count). The second-order valence-corrected chi connectivity index (χ2v) is 5.89. The molecule has 1 aliphatic rings. The fourth-order valence-electron chi connectivity index (χ4n) is 2.70. The Morgan fingerprint density at radius 3 is 2.76 bits per heavy atom. The van der Waals surface area contributed by atoms with Gasteiger partial charge in [-0.05, 0) is 50.6 Å².